The molecule has 1 aliphatic heterocycles. The standard InChI is InChI=1S/C13H15Cl2NOS/c1-2-3-12(17)16-6-7-18-13(16)10-5-4-9(14)8-11(10)15/h4-5,8,13H,2-3,6-7H2,1H3/t13-/m1/s1. The lowest BCUT2D eigenvalue weighted by Crippen LogP contribution is -2.30. The first-order valence-corrected chi connectivity index (χ1v) is 7.80. The summed E-state index contributed by atoms with van der Waals surface area (Å²) in [6.07, 6.45) is 1.48. The topological polar surface area (TPSA) is 20.3 Å². The number of amides is 1. The number of rotatable bonds is 3. The van der Waals surface area contributed by atoms with Gasteiger partial charge >= 0.3 is 0 Å². The number of benzene rings is 1. The Labute approximate surface area is 122 Å². The summed E-state index contributed by atoms with van der Waals surface area (Å²) in [7, 11) is 0. The van der Waals surface area contributed by atoms with Crippen LogP contribution in [0.4, 0.5) is 0 Å². The van der Waals surface area contributed by atoms with Gasteiger partial charge in [0.25, 0.3) is 0 Å². The Morgan fingerprint density at radius 2 is 2.28 bits per heavy atom. The molecule has 1 aromatic carbocycles. The van der Waals surface area contributed by atoms with E-state index in [0.717, 1.165) is 24.3 Å². The van der Waals surface area contributed by atoms with Crippen LogP contribution < -0.4 is 0 Å². The first-order chi connectivity index (χ1) is 8.63. The quantitative estimate of drug-likeness (QED) is 0.826. The van der Waals surface area contributed by atoms with Gasteiger partial charge < -0.3 is 4.90 Å². The maximum Gasteiger partial charge on any atom is 0.223 e. The molecule has 2 nitrogen and oxygen atoms in total. The predicted octanol–water partition coefficient (Wildman–Crippen LogP) is 4.37. The van der Waals surface area contributed by atoms with E-state index >= 15 is 0 Å². The Hall–Kier alpha value is -0.380. The molecule has 2 rings (SSSR count). The van der Waals surface area contributed by atoms with Gasteiger partial charge in [-0.15, -0.1) is 11.8 Å². The second kappa shape index (κ2) is 6.18. The van der Waals surface area contributed by atoms with Crippen molar-refractivity contribution >= 4 is 40.9 Å². The summed E-state index contributed by atoms with van der Waals surface area (Å²) in [6.45, 7) is 2.82. The first kappa shape index (κ1) is 14.0. The van der Waals surface area contributed by atoms with Gasteiger partial charge in [-0.3, -0.25) is 4.79 Å². The maximum atomic E-state index is 12.1. The largest absolute Gasteiger partial charge is 0.326 e. The number of thioether (sulfide) groups is 1. The average Bonchev–Trinajstić information content (AvgIpc) is 2.78. The molecule has 1 aromatic rings. The van der Waals surface area contributed by atoms with Gasteiger partial charge in [0.15, 0.2) is 0 Å². The highest BCUT2D eigenvalue weighted by molar-refractivity contribution is 7.99. The van der Waals surface area contributed by atoms with E-state index in [9.17, 15) is 4.79 Å². The zero-order valence-corrected chi connectivity index (χ0v) is 12.5. The van der Waals surface area contributed by atoms with Crippen LogP contribution in [0.3, 0.4) is 0 Å². The van der Waals surface area contributed by atoms with Crippen molar-refractivity contribution in [3.63, 3.8) is 0 Å². The smallest absolute Gasteiger partial charge is 0.223 e. The normalized spacial score (nSPS) is 19.3. The highest BCUT2D eigenvalue weighted by Gasteiger charge is 2.31. The van der Waals surface area contributed by atoms with E-state index in [-0.39, 0.29) is 11.3 Å². The molecule has 0 unspecified atom stereocenters. The molecule has 0 spiro atoms. The monoisotopic (exact) mass is 303 g/mol. The van der Waals surface area contributed by atoms with Crippen molar-refractivity contribution in [3.8, 4) is 0 Å². The summed E-state index contributed by atoms with van der Waals surface area (Å²) >= 11 is 13.9. The fourth-order valence-corrected chi connectivity index (χ4v) is 3.93. The second-order valence-corrected chi connectivity index (χ2v) is 6.26. The molecule has 1 amide bonds. The minimum absolute atomic E-state index is 0.0359. The lowest BCUT2D eigenvalue weighted by Gasteiger charge is -2.24. The molecule has 1 heterocycles. The average molecular weight is 304 g/mol. The van der Waals surface area contributed by atoms with Gasteiger partial charge in [0.1, 0.15) is 5.37 Å². The summed E-state index contributed by atoms with van der Waals surface area (Å²) in [6, 6.07) is 5.48. The molecule has 98 valence electrons. The van der Waals surface area contributed by atoms with Crippen LogP contribution in [0.5, 0.6) is 0 Å². The molecule has 0 saturated carbocycles. The van der Waals surface area contributed by atoms with Crippen molar-refractivity contribution in [2.75, 3.05) is 12.3 Å². The Kier molecular flexibility index (Phi) is 4.82. The molecule has 1 fully saturated rings. The van der Waals surface area contributed by atoms with Crippen LogP contribution in [0.25, 0.3) is 0 Å². The van der Waals surface area contributed by atoms with E-state index in [2.05, 4.69) is 0 Å². The lowest BCUT2D eigenvalue weighted by atomic mass is 10.2. The van der Waals surface area contributed by atoms with E-state index in [1.807, 2.05) is 24.0 Å². The SMILES string of the molecule is CCCC(=O)N1CCS[C@@H]1c1ccc(Cl)cc1Cl. The molecule has 1 atom stereocenters. The molecular formula is C13H15Cl2NOS. The van der Waals surface area contributed by atoms with Crippen molar-refractivity contribution in [2.24, 2.45) is 0 Å². The number of hydrogen-bond acceptors (Lipinski definition) is 2. The van der Waals surface area contributed by atoms with E-state index in [1.165, 1.54) is 0 Å². The lowest BCUT2D eigenvalue weighted by molar-refractivity contribution is -0.131. The van der Waals surface area contributed by atoms with E-state index < -0.39 is 0 Å². The molecule has 0 bridgehead atoms. The second-order valence-electron chi connectivity index (χ2n) is 4.23. The molecule has 0 aliphatic carbocycles. The van der Waals surface area contributed by atoms with Crippen molar-refractivity contribution in [1.82, 2.24) is 4.90 Å². The van der Waals surface area contributed by atoms with Crippen molar-refractivity contribution in [1.29, 1.82) is 0 Å². The fourth-order valence-electron chi connectivity index (χ4n) is 2.04. The van der Waals surface area contributed by atoms with Crippen molar-refractivity contribution in [2.45, 2.75) is 25.1 Å². The van der Waals surface area contributed by atoms with Crippen LogP contribution in [0, 0.1) is 0 Å². The van der Waals surface area contributed by atoms with Gasteiger partial charge in [0.05, 0.1) is 0 Å². The maximum absolute atomic E-state index is 12.1. The van der Waals surface area contributed by atoms with Crippen LogP contribution in [0.15, 0.2) is 18.2 Å². The Morgan fingerprint density at radius 1 is 1.50 bits per heavy atom. The van der Waals surface area contributed by atoms with E-state index in [4.69, 9.17) is 23.2 Å². The molecule has 0 aromatic heterocycles. The summed E-state index contributed by atoms with van der Waals surface area (Å²) in [5, 5.41) is 1.29. The van der Waals surface area contributed by atoms with Gasteiger partial charge in [0.2, 0.25) is 5.91 Å². The number of nitrogens with zero attached hydrogens (tertiary/aromatic N) is 1. The Morgan fingerprint density at radius 3 is 2.94 bits per heavy atom. The number of carbonyl (C=O) groups excluding carboxylic acids is 1. The summed E-state index contributed by atoms with van der Waals surface area (Å²) in [4.78, 5) is 14.0. The number of halogens is 2. The molecule has 1 aliphatic rings. The van der Waals surface area contributed by atoms with Crippen molar-refractivity contribution < 1.29 is 4.79 Å². The van der Waals surface area contributed by atoms with Gasteiger partial charge in [-0.25, -0.2) is 0 Å². The molecule has 0 radical (unpaired) electrons. The van der Waals surface area contributed by atoms with Crippen molar-refractivity contribution in [3.05, 3.63) is 33.8 Å². The number of carbonyl (C=O) groups is 1. The zero-order chi connectivity index (χ0) is 13.1. The van der Waals surface area contributed by atoms with Gasteiger partial charge in [-0.2, -0.15) is 0 Å². The first-order valence-electron chi connectivity index (χ1n) is 5.99. The van der Waals surface area contributed by atoms with Gasteiger partial charge in [-0.1, -0.05) is 36.2 Å². The van der Waals surface area contributed by atoms with Crippen LogP contribution in [0.1, 0.15) is 30.7 Å². The highest BCUT2D eigenvalue weighted by atomic mass is 35.5. The number of hydrogen-bond donors (Lipinski definition) is 0. The minimum atomic E-state index is 0.0359. The fraction of sp³-hybridized carbons (Fsp3) is 0.462. The summed E-state index contributed by atoms with van der Waals surface area (Å²) in [5.41, 5.74) is 0.980. The van der Waals surface area contributed by atoms with Crippen LogP contribution in [0.2, 0.25) is 10.0 Å². The summed E-state index contributed by atoms with van der Waals surface area (Å²) in [5.74, 6) is 1.16. The highest BCUT2D eigenvalue weighted by Crippen LogP contribution is 2.41. The van der Waals surface area contributed by atoms with Crippen LogP contribution in [-0.4, -0.2) is 23.1 Å². The molecular weight excluding hydrogens is 289 g/mol. The predicted molar refractivity (Wildman–Crippen MR) is 78.3 cm³/mol. The van der Waals surface area contributed by atoms with Gasteiger partial charge in [-0.05, 0) is 18.6 Å². The third kappa shape index (κ3) is 2.95. The Bertz CT molecular complexity index is 453. The Balaban J connectivity index is 2.23. The molecule has 1 saturated heterocycles. The molecule has 0 N–H and O–H groups in total. The molecule has 18 heavy (non-hydrogen) atoms. The van der Waals surface area contributed by atoms with E-state index in [1.54, 1.807) is 17.8 Å². The van der Waals surface area contributed by atoms with Crippen LogP contribution in [-0.2, 0) is 4.79 Å². The van der Waals surface area contributed by atoms with E-state index in [0.29, 0.717) is 16.5 Å². The third-order valence-electron chi connectivity index (χ3n) is 2.90. The van der Waals surface area contributed by atoms with Gasteiger partial charge in [0, 0.05) is 34.3 Å². The zero-order valence-electron chi connectivity index (χ0n) is 10.2. The minimum Gasteiger partial charge on any atom is -0.326 e. The van der Waals surface area contributed by atoms with Crippen LogP contribution >= 0.6 is 35.0 Å². The molecule has 5 heteroatoms. The summed E-state index contributed by atoms with van der Waals surface area (Å²) < 4.78 is 0. The third-order valence-corrected chi connectivity index (χ3v) is 4.71.